The summed E-state index contributed by atoms with van der Waals surface area (Å²) in [5, 5.41) is 0. The molecule has 0 aliphatic rings. The number of hydrogen-bond donors (Lipinski definition) is 0. The summed E-state index contributed by atoms with van der Waals surface area (Å²) in [6.07, 6.45) is 0.120. The number of hydrogen-bond acceptors (Lipinski definition) is 4. The molecule has 0 saturated heterocycles. The van der Waals surface area contributed by atoms with E-state index in [1.54, 1.807) is 12.1 Å². The van der Waals surface area contributed by atoms with Gasteiger partial charge in [0.05, 0.1) is 18.4 Å². The molecule has 0 unspecified atom stereocenters. The predicted molar refractivity (Wildman–Crippen MR) is 96.5 cm³/mol. The van der Waals surface area contributed by atoms with Crippen LogP contribution in [0.5, 0.6) is 0 Å². The van der Waals surface area contributed by atoms with Crippen LogP contribution in [0.2, 0.25) is 0 Å². The van der Waals surface area contributed by atoms with Crippen molar-refractivity contribution in [1.82, 2.24) is 4.31 Å². The normalized spacial score (nSPS) is 11.7. The molecule has 5 nitrogen and oxygen atoms in total. The maximum Gasteiger partial charge on any atom is 0.309 e. The van der Waals surface area contributed by atoms with E-state index in [1.807, 2.05) is 44.2 Å². The molecule has 0 amide bonds. The van der Waals surface area contributed by atoms with E-state index in [4.69, 9.17) is 0 Å². The first-order chi connectivity index (χ1) is 11.8. The van der Waals surface area contributed by atoms with Crippen molar-refractivity contribution < 1.29 is 17.9 Å². The summed E-state index contributed by atoms with van der Waals surface area (Å²) in [5.74, 6) is -0.358. The summed E-state index contributed by atoms with van der Waals surface area (Å²) in [6, 6.07) is 15.7. The third-order valence-corrected chi connectivity index (χ3v) is 5.90. The van der Waals surface area contributed by atoms with Gasteiger partial charge in [-0.1, -0.05) is 42.5 Å². The van der Waals surface area contributed by atoms with Crippen molar-refractivity contribution in [3.63, 3.8) is 0 Å². The molecular weight excluding hydrogens is 338 g/mol. The van der Waals surface area contributed by atoms with Gasteiger partial charge >= 0.3 is 5.97 Å². The number of nitrogens with zero attached hydrogens (tertiary/aromatic N) is 1. The number of sulfonamides is 1. The lowest BCUT2D eigenvalue weighted by Gasteiger charge is -2.26. The Morgan fingerprint density at radius 1 is 1.00 bits per heavy atom. The molecule has 0 heterocycles. The lowest BCUT2D eigenvalue weighted by molar-refractivity contribution is -0.139. The largest absolute Gasteiger partial charge is 0.469 e. The maximum absolute atomic E-state index is 13.0. The van der Waals surface area contributed by atoms with Crippen LogP contribution in [0.25, 0.3) is 0 Å². The summed E-state index contributed by atoms with van der Waals surface area (Å²) < 4.78 is 32.1. The number of benzene rings is 2. The van der Waals surface area contributed by atoms with E-state index in [2.05, 4.69) is 4.74 Å². The van der Waals surface area contributed by atoms with E-state index < -0.39 is 10.0 Å². The summed E-state index contributed by atoms with van der Waals surface area (Å²) in [6.45, 7) is 4.02. The van der Waals surface area contributed by atoms with Crippen LogP contribution in [0.3, 0.4) is 0 Å². The third kappa shape index (κ3) is 4.90. The van der Waals surface area contributed by atoms with Crippen LogP contribution in [0.15, 0.2) is 59.5 Å². The molecule has 2 aromatic carbocycles. The highest BCUT2D eigenvalue weighted by molar-refractivity contribution is 7.89. The fraction of sp³-hybridized carbons (Fsp3) is 0.316. The molecule has 0 aliphatic carbocycles. The van der Waals surface area contributed by atoms with Crippen molar-refractivity contribution in [3.8, 4) is 0 Å². The van der Waals surface area contributed by atoms with Gasteiger partial charge in [-0.25, -0.2) is 8.42 Å². The zero-order valence-corrected chi connectivity index (χ0v) is 15.5. The van der Waals surface area contributed by atoms with Crippen molar-refractivity contribution in [2.24, 2.45) is 0 Å². The number of carbonyl (C=O) groups is 1. The Kier molecular flexibility index (Phi) is 6.33. The van der Waals surface area contributed by atoms with Crippen molar-refractivity contribution in [1.29, 1.82) is 0 Å². The molecule has 2 aromatic rings. The second kappa shape index (κ2) is 8.27. The lowest BCUT2D eigenvalue weighted by Crippen LogP contribution is -2.36. The average molecular weight is 361 g/mol. The van der Waals surface area contributed by atoms with Crippen LogP contribution < -0.4 is 0 Å². The maximum atomic E-state index is 13.0. The number of carbonyl (C=O) groups excluding carboxylic acids is 1. The molecule has 134 valence electrons. The Labute approximate surface area is 149 Å². The van der Waals surface area contributed by atoms with Crippen molar-refractivity contribution in [3.05, 3.63) is 65.7 Å². The first-order valence-corrected chi connectivity index (χ1v) is 9.50. The topological polar surface area (TPSA) is 63.7 Å². The van der Waals surface area contributed by atoms with Gasteiger partial charge in [0, 0.05) is 12.6 Å². The summed E-state index contributed by atoms with van der Waals surface area (Å²) in [7, 11) is -2.31. The van der Waals surface area contributed by atoms with E-state index in [0.717, 1.165) is 5.56 Å². The number of rotatable bonds is 7. The minimum Gasteiger partial charge on any atom is -0.469 e. The molecule has 0 atom stereocenters. The quantitative estimate of drug-likeness (QED) is 0.711. The highest BCUT2D eigenvalue weighted by atomic mass is 32.2. The van der Waals surface area contributed by atoms with Gasteiger partial charge in [0.1, 0.15) is 0 Å². The van der Waals surface area contributed by atoms with Crippen LogP contribution in [0.1, 0.15) is 25.0 Å². The zero-order valence-electron chi connectivity index (χ0n) is 14.7. The van der Waals surface area contributed by atoms with Gasteiger partial charge in [0.15, 0.2) is 0 Å². The van der Waals surface area contributed by atoms with E-state index in [0.29, 0.717) is 12.1 Å². The molecule has 6 heteroatoms. The highest BCUT2D eigenvalue weighted by Gasteiger charge is 2.27. The van der Waals surface area contributed by atoms with Gasteiger partial charge in [0.25, 0.3) is 0 Å². The molecular formula is C19H23NO4S. The molecule has 2 rings (SSSR count). The molecule has 0 bridgehead atoms. The molecule has 25 heavy (non-hydrogen) atoms. The Hall–Kier alpha value is -2.18. The molecule has 0 aromatic heterocycles. The van der Waals surface area contributed by atoms with Gasteiger partial charge in [-0.15, -0.1) is 0 Å². The van der Waals surface area contributed by atoms with E-state index in [9.17, 15) is 13.2 Å². The van der Waals surface area contributed by atoms with Crippen LogP contribution >= 0.6 is 0 Å². The Morgan fingerprint density at radius 3 is 2.12 bits per heavy atom. The van der Waals surface area contributed by atoms with Crippen LogP contribution in [-0.2, 0) is 32.5 Å². The Bertz CT molecular complexity index is 799. The Balaban J connectivity index is 2.26. The fourth-order valence-corrected chi connectivity index (χ4v) is 4.09. The van der Waals surface area contributed by atoms with Gasteiger partial charge in [-0.2, -0.15) is 4.31 Å². The van der Waals surface area contributed by atoms with Gasteiger partial charge in [-0.05, 0) is 37.1 Å². The highest BCUT2D eigenvalue weighted by Crippen LogP contribution is 2.21. The van der Waals surface area contributed by atoms with E-state index in [1.165, 1.54) is 23.5 Å². The van der Waals surface area contributed by atoms with E-state index in [-0.39, 0.29) is 23.3 Å². The second-order valence-electron chi connectivity index (χ2n) is 6.03. The molecule has 0 fully saturated rings. The van der Waals surface area contributed by atoms with Gasteiger partial charge in [-0.3, -0.25) is 4.79 Å². The summed E-state index contributed by atoms with van der Waals surface area (Å²) in [4.78, 5) is 11.5. The first kappa shape index (κ1) is 19.1. The molecule has 0 spiro atoms. The average Bonchev–Trinajstić information content (AvgIpc) is 2.60. The minimum atomic E-state index is -3.63. The molecule has 0 N–H and O–H groups in total. The molecule has 0 saturated carbocycles. The fourth-order valence-electron chi connectivity index (χ4n) is 2.46. The smallest absolute Gasteiger partial charge is 0.309 e. The predicted octanol–water partition coefficient (Wildman–Crippen LogP) is 3.00. The first-order valence-electron chi connectivity index (χ1n) is 8.06. The number of esters is 1. The SMILES string of the molecule is COC(=O)Cc1ccc(S(=O)(=O)N(Cc2ccccc2)C(C)C)cc1. The van der Waals surface area contributed by atoms with Crippen molar-refractivity contribution in [2.75, 3.05) is 7.11 Å². The molecule has 0 aliphatic heterocycles. The number of ether oxygens (including phenoxy) is 1. The van der Waals surface area contributed by atoms with E-state index >= 15 is 0 Å². The zero-order chi connectivity index (χ0) is 18.4. The third-order valence-electron chi connectivity index (χ3n) is 3.86. The number of methoxy groups -OCH3 is 1. The van der Waals surface area contributed by atoms with Gasteiger partial charge < -0.3 is 4.74 Å². The second-order valence-corrected chi connectivity index (χ2v) is 7.92. The van der Waals surface area contributed by atoms with Crippen LogP contribution in [-0.4, -0.2) is 31.8 Å². The summed E-state index contributed by atoms with van der Waals surface area (Å²) >= 11 is 0. The van der Waals surface area contributed by atoms with Crippen molar-refractivity contribution in [2.45, 2.75) is 37.8 Å². The monoisotopic (exact) mass is 361 g/mol. The minimum absolute atomic E-state index is 0.120. The standard InChI is InChI=1S/C19H23NO4S/c1-15(2)20(14-17-7-5-4-6-8-17)25(22,23)18-11-9-16(10-12-18)13-19(21)24-3/h4-12,15H,13-14H2,1-3H3. The Morgan fingerprint density at radius 2 is 1.60 bits per heavy atom. The summed E-state index contributed by atoms with van der Waals surface area (Å²) in [5.41, 5.74) is 1.65. The van der Waals surface area contributed by atoms with Crippen LogP contribution in [0, 0.1) is 0 Å². The van der Waals surface area contributed by atoms with Crippen molar-refractivity contribution >= 4 is 16.0 Å². The molecule has 0 radical (unpaired) electrons. The van der Waals surface area contributed by atoms with Crippen LogP contribution in [0.4, 0.5) is 0 Å². The lowest BCUT2D eigenvalue weighted by atomic mass is 10.2. The van der Waals surface area contributed by atoms with Gasteiger partial charge in [0.2, 0.25) is 10.0 Å².